The lowest BCUT2D eigenvalue weighted by Crippen LogP contribution is -2.41. The highest BCUT2D eigenvalue weighted by Crippen LogP contribution is 2.17. The molecule has 110 valence electrons. The first-order chi connectivity index (χ1) is 9.60. The molecule has 0 radical (unpaired) electrons. The highest BCUT2D eigenvalue weighted by molar-refractivity contribution is 6.31. The van der Waals surface area contributed by atoms with Crippen molar-refractivity contribution >= 4 is 17.5 Å². The molecule has 6 heteroatoms. The lowest BCUT2D eigenvalue weighted by molar-refractivity contribution is -0.122. The van der Waals surface area contributed by atoms with Gasteiger partial charge in [0.1, 0.15) is 5.82 Å². The normalized spacial score (nSPS) is 21.9. The summed E-state index contributed by atoms with van der Waals surface area (Å²) < 4.78 is 18.1. The van der Waals surface area contributed by atoms with Gasteiger partial charge in [-0.1, -0.05) is 17.7 Å². The van der Waals surface area contributed by atoms with E-state index < -0.39 is 0 Å². The summed E-state index contributed by atoms with van der Waals surface area (Å²) in [4.78, 5) is 11.9. The standard InChI is InChI=1S/C14H18ClFN2O2/c1-20-11-7-13(18-8-11)14(19)17-5-4-9-2-3-10(16)6-12(9)15/h2-3,6,11,13,18H,4-5,7-8H2,1H3,(H,17,19)/t11-,13-/m0/s1. The molecule has 2 rings (SSSR count). The molecular formula is C14H18ClFN2O2. The Hall–Kier alpha value is -1.17. The van der Waals surface area contributed by atoms with Crippen LogP contribution in [-0.2, 0) is 16.0 Å². The van der Waals surface area contributed by atoms with Crippen molar-refractivity contribution in [2.45, 2.75) is 25.0 Å². The molecule has 4 nitrogen and oxygen atoms in total. The van der Waals surface area contributed by atoms with Gasteiger partial charge in [-0.3, -0.25) is 4.79 Å². The Morgan fingerprint density at radius 2 is 2.40 bits per heavy atom. The Morgan fingerprint density at radius 1 is 1.60 bits per heavy atom. The second-order valence-electron chi connectivity index (χ2n) is 4.83. The van der Waals surface area contributed by atoms with Crippen LogP contribution in [0.5, 0.6) is 0 Å². The maximum Gasteiger partial charge on any atom is 0.237 e. The quantitative estimate of drug-likeness (QED) is 0.867. The van der Waals surface area contributed by atoms with Gasteiger partial charge in [0.25, 0.3) is 0 Å². The van der Waals surface area contributed by atoms with E-state index in [-0.39, 0.29) is 23.9 Å². The summed E-state index contributed by atoms with van der Waals surface area (Å²) in [6, 6.07) is 4.08. The molecule has 1 heterocycles. The number of methoxy groups -OCH3 is 1. The number of benzene rings is 1. The van der Waals surface area contributed by atoms with Crippen LogP contribution >= 0.6 is 11.6 Å². The fourth-order valence-electron chi connectivity index (χ4n) is 2.25. The Morgan fingerprint density at radius 3 is 3.05 bits per heavy atom. The number of hydrogen-bond acceptors (Lipinski definition) is 3. The molecule has 0 spiro atoms. The molecule has 0 unspecified atom stereocenters. The van der Waals surface area contributed by atoms with E-state index in [1.165, 1.54) is 12.1 Å². The van der Waals surface area contributed by atoms with Gasteiger partial charge < -0.3 is 15.4 Å². The van der Waals surface area contributed by atoms with E-state index in [0.717, 1.165) is 5.56 Å². The van der Waals surface area contributed by atoms with Crippen LogP contribution < -0.4 is 10.6 Å². The van der Waals surface area contributed by atoms with Crippen molar-refractivity contribution in [1.29, 1.82) is 0 Å². The number of carbonyl (C=O) groups excluding carboxylic acids is 1. The summed E-state index contributed by atoms with van der Waals surface area (Å²) >= 11 is 5.93. The average Bonchev–Trinajstić information content (AvgIpc) is 2.90. The summed E-state index contributed by atoms with van der Waals surface area (Å²) in [6.45, 7) is 1.17. The van der Waals surface area contributed by atoms with Crippen LogP contribution in [0.1, 0.15) is 12.0 Å². The molecule has 0 bridgehead atoms. The van der Waals surface area contributed by atoms with Gasteiger partial charge in [-0.05, 0) is 30.5 Å². The summed E-state index contributed by atoms with van der Waals surface area (Å²) in [5, 5.41) is 6.35. The van der Waals surface area contributed by atoms with E-state index in [4.69, 9.17) is 16.3 Å². The zero-order chi connectivity index (χ0) is 14.5. The predicted molar refractivity (Wildman–Crippen MR) is 75.3 cm³/mol. The molecule has 2 atom stereocenters. The molecule has 1 saturated heterocycles. The van der Waals surface area contributed by atoms with E-state index in [1.54, 1.807) is 13.2 Å². The third kappa shape index (κ3) is 3.91. The van der Waals surface area contributed by atoms with Crippen LogP contribution in [0.4, 0.5) is 4.39 Å². The lowest BCUT2D eigenvalue weighted by atomic mass is 10.1. The third-order valence-corrected chi connectivity index (χ3v) is 3.80. The summed E-state index contributed by atoms with van der Waals surface area (Å²) in [7, 11) is 1.64. The van der Waals surface area contributed by atoms with E-state index >= 15 is 0 Å². The van der Waals surface area contributed by atoms with Gasteiger partial charge >= 0.3 is 0 Å². The molecule has 1 fully saturated rings. The van der Waals surface area contributed by atoms with E-state index in [1.807, 2.05) is 0 Å². The Balaban J connectivity index is 1.77. The van der Waals surface area contributed by atoms with Gasteiger partial charge in [0.15, 0.2) is 0 Å². The molecule has 1 amide bonds. The Kier molecular flexibility index (Phi) is 5.34. The van der Waals surface area contributed by atoms with Gasteiger partial charge in [-0.15, -0.1) is 0 Å². The zero-order valence-electron chi connectivity index (χ0n) is 11.3. The molecule has 0 aromatic heterocycles. The fourth-order valence-corrected chi connectivity index (χ4v) is 2.51. The maximum atomic E-state index is 12.9. The van der Waals surface area contributed by atoms with E-state index in [9.17, 15) is 9.18 Å². The van der Waals surface area contributed by atoms with Crippen molar-refractivity contribution in [2.24, 2.45) is 0 Å². The number of hydrogen-bond donors (Lipinski definition) is 2. The van der Waals surface area contributed by atoms with Crippen molar-refractivity contribution in [3.05, 3.63) is 34.6 Å². The van der Waals surface area contributed by atoms with Crippen molar-refractivity contribution < 1.29 is 13.9 Å². The van der Waals surface area contributed by atoms with Crippen LogP contribution in [0, 0.1) is 5.82 Å². The number of amides is 1. The molecule has 1 aliphatic heterocycles. The van der Waals surface area contributed by atoms with Gasteiger partial charge in [-0.2, -0.15) is 0 Å². The largest absolute Gasteiger partial charge is 0.380 e. The number of nitrogens with one attached hydrogen (secondary N) is 2. The number of halogens is 2. The van der Waals surface area contributed by atoms with Crippen molar-refractivity contribution in [3.63, 3.8) is 0 Å². The number of carbonyl (C=O) groups is 1. The topological polar surface area (TPSA) is 50.4 Å². The van der Waals surface area contributed by atoms with E-state index in [2.05, 4.69) is 10.6 Å². The minimum atomic E-state index is -0.358. The monoisotopic (exact) mass is 300 g/mol. The zero-order valence-corrected chi connectivity index (χ0v) is 12.0. The smallest absolute Gasteiger partial charge is 0.237 e. The van der Waals surface area contributed by atoms with Gasteiger partial charge in [0.2, 0.25) is 5.91 Å². The highest BCUT2D eigenvalue weighted by Gasteiger charge is 2.28. The van der Waals surface area contributed by atoms with Gasteiger partial charge in [-0.25, -0.2) is 4.39 Å². The van der Waals surface area contributed by atoms with Crippen LogP contribution in [-0.4, -0.2) is 38.3 Å². The lowest BCUT2D eigenvalue weighted by Gasteiger charge is -2.11. The second-order valence-corrected chi connectivity index (χ2v) is 5.24. The molecule has 1 aliphatic rings. The third-order valence-electron chi connectivity index (χ3n) is 3.45. The van der Waals surface area contributed by atoms with E-state index in [0.29, 0.717) is 31.0 Å². The van der Waals surface area contributed by atoms with Gasteiger partial charge in [0, 0.05) is 25.2 Å². The number of rotatable bonds is 5. The first-order valence-electron chi connectivity index (χ1n) is 6.58. The second kappa shape index (κ2) is 7.02. The van der Waals surface area contributed by atoms with Crippen LogP contribution in [0.3, 0.4) is 0 Å². The molecule has 2 N–H and O–H groups in total. The summed E-state index contributed by atoms with van der Waals surface area (Å²) in [6.07, 6.45) is 1.35. The molecular weight excluding hydrogens is 283 g/mol. The Bertz CT molecular complexity index is 484. The average molecular weight is 301 g/mol. The highest BCUT2D eigenvalue weighted by atomic mass is 35.5. The van der Waals surface area contributed by atoms with Crippen LogP contribution in [0.25, 0.3) is 0 Å². The molecule has 0 saturated carbocycles. The molecule has 1 aromatic rings. The molecule has 1 aromatic carbocycles. The first-order valence-corrected chi connectivity index (χ1v) is 6.95. The summed E-state index contributed by atoms with van der Waals surface area (Å²) in [5.41, 5.74) is 0.822. The molecule has 0 aliphatic carbocycles. The van der Waals surface area contributed by atoms with Crippen LogP contribution in [0.15, 0.2) is 18.2 Å². The minimum Gasteiger partial charge on any atom is -0.380 e. The number of ether oxygens (including phenoxy) is 1. The predicted octanol–water partition coefficient (Wildman–Crippen LogP) is 1.51. The SMILES string of the molecule is CO[C@@H]1CN[C@H](C(=O)NCCc2ccc(F)cc2Cl)C1. The fraction of sp³-hybridized carbons (Fsp3) is 0.500. The first kappa shape index (κ1) is 15.2. The van der Waals surface area contributed by atoms with Gasteiger partial charge in [0.05, 0.1) is 12.1 Å². The van der Waals surface area contributed by atoms with Crippen molar-refractivity contribution in [1.82, 2.24) is 10.6 Å². The molecule has 20 heavy (non-hydrogen) atoms. The van der Waals surface area contributed by atoms with Crippen molar-refractivity contribution in [3.8, 4) is 0 Å². The van der Waals surface area contributed by atoms with Crippen molar-refractivity contribution in [2.75, 3.05) is 20.2 Å². The summed E-state index contributed by atoms with van der Waals surface area (Å²) in [5.74, 6) is -0.397. The Labute approximate surface area is 122 Å². The van der Waals surface area contributed by atoms with Crippen LogP contribution in [0.2, 0.25) is 5.02 Å². The maximum absolute atomic E-state index is 12.9. The minimum absolute atomic E-state index is 0.0391.